The molecule has 2 heterocycles. The molecule has 1 aromatic carbocycles. The van der Waals surface area contributed by atoms with E-state index >= 15 is 0 Å². The quantitative estimate of drug-likeness (QED) is 0.729. The van der Waals surface area contributed by atoms with Gasteiger partial charge in [-0.25, -0.2) is 0 Å². The average molecular weight is 362 g/mol. The largest absolute Gasteiger partial charge is 0.494 e. The number of pyridine rings is 2. The van der Waals surface area contributed by atoms with E-state index in [2.05, 4.69) is 32.3 Å². The lowest BCUT2D eigenvalue weighted by Crippen LogP contribution is -2.26. The Hall–Kier alpha value is -3.15. The van der Waals surface area contributed by atoms with E-state index in [1.807, 2.05) is 31.3 Å². The van der Waals surface area contributed by atoms with Gasteiger partial charge in [-0.2, -0.15) is 0 Å². The summed E-state index contributed by atoms with van der Waals surface area (Å²) in [5, 5.41) is 4.04. The van der Waals surface area contributed by atoms with Gasteiger partial charge in [0.05, 0.1) is 7.11 Å². The van der Waals surface area contributed by atoms with Gasteiger partial charge in [0, 0.05) is 43.1 Å². The van der Waals surface area contributed by atoms with Gasteiger partial charge in [0.15, 0.2) is 0 Å². The summed E-state index contributed by atoms with van der Waals surface area (Å²) >= 11 is 0. The molecule has 0 aliphatic heterocycles. The monoisotopic (exact) mass is 362 g/mol. The van der Waals surface area contributed by atoms with Crippen LogP contribution in [0.3, 0.4) is 0 Å². The maximum atomic E-state index is 12.3. The van der Waals surface area contributed by atoms with E-state index < -0.39 is 0 Å². The van der Waals surface area contributed by atoms with E-state index in [1.54, 1.807) is 19.5 Å². The normalized spacial score (nSPS) is 13.4. The first kappa shape index (κ1) is 17.3. The Morgan fingerprint density at radius 2 is 2.07 bits per heavy atom. The maximum Gasteiger partial charge on any atom is 0.270 e. The molecule has 0 spiro atoms. The van der Waals surface area contributed by atoms with Crippen LogP contribution in [0.1, 0.15) is 28.9 Å². The Morgan fingerprint density at radius 1 is 1.22 bits per heavy atom. The molecule has 2 aromatic heterocycles. The number of hydrogen-bond donors (Lipinski definition) is 1. The molecule has 6 heteroatoms. The predicted octanol–water partition coefficient (Wildman–Crippen LogP) is 3.17. The van der Waals surface area contributed by atoms with Crippen LogP contribution in [0.2, 0.25) is 0 Å². The van der Waals surface area contributed by atoms with Crippen LogP contribution in [0.15, 0.2) is 48.8 Å². The molecule has 0 atom stereocenters. The lowest BCUT2D eigenvalue weighted by Gasteiger charge is -2.21. The Kier molecular flexibility index (Phi) is 4.62. The molecule has 1 amide bonds. The van der Waals surface area contributed by atoms with Gasteiger partial charge in [0.1, 0.15) is 17.0 Å². The van der Waals surface area contributed by atoms with Crippen molar-refractivity contribution < 1.29 is 9.53 Å². The highest BCUT2D eigenvalue weighted by Crippen LogP contribution is 2.28. The van der Waals surface area contributed by atoms with E-state index in [4.69, 9.17) is 4.74 Å². The number of carbonyl (C=O) groups is 1. The minimum absolute atomic E-state index is 0.105. The van der Waals surface area contributed by atoms with Crippen molar-refractivity contribution in [2.75, 3.05) is 19.1 Å². The van der Waals surface area contributed by atoms with E-state index in [-0.39, 0.29) is 5.91 Å². The maximum absolute atomic E-state index is 12.3. The fraction of sp³-hybridized carbons (Fsp3) is 0.286. The Labute approximate surface area is 158 Å². The van der Waals surface area contributed by atoms with Crippen LogP contribution < -0.4 is 15.0 Å². The first-order chi connectivity index (χ1) is 13.2. The van der Waals surface area contributed by atoms with Crippen molar-refractivity contribution >= 4 is 22.5 Å². The fourth-order valence-corrected chi connectivity index (χ4v) is 3.12. The second kappa shape index (κ2) is 7.23. The van der Waals surface area contributed by atoms with Crippen LogP contribution in [-0.4, -0.2) is 36.1 Å². The van der Waals surface area contributed by atoms with Crippen LogP contribution in [0, 0.1) is 0 Å². The van der Waals surface area contributed by atoms with Crippen molar-refractivity contribution in [1.82, 2.24) is 15.3 Å². The zero-order chi connectivity index (χ0) is 18.8. The summed E-state index contributed by atoms with van der Waals surface area (Å²) in [5.74, 6) is 0.659. The highest BCUT2D eigenvalue weighted by Gasteiger charge is 2.24. The number of anilines is 1. The van der Waals surface area contributed by atoms with Gasteiger partial charge >= 0.3 is 0 Å². The molecular formula is C21H22N4O2. The minimum Gasteiger partial charge on any atom is -0.494 e. The molecule has 138 valence electrons. The third-order valence-corrected chi connectivity index (χ3v) is 4.78. The van der Waals surface area contributed by atoms with Crippen LogP contribution in [0.25, 0.3) is 10.9 Å². The molecule has 1 aliphatic rings. The van der Waals surface area contributed by atoms with Crippen molar-refractivity contribution in [3.63, 3.8) is 0 Å². The lowest BCUT2D eigenvalue weighted by atomic mass is 10.1. The third kappa shape index (κ3) is 3.69. The van der Waals surface area contributed by atoms with Gasteiger partial charge in [-0.1, -0.05) is 12.1 Å². The van der Waals surface area contributed by atoms with Crippen molar-refractivity contribution in [1.29, 1.82) is 0 Å². The van der Waals surface area contributed by atoms with Crippen molar-refractivity contribution in [2.24, 2.45) is 0 Å². The summed E-state index contributed by atoms with van der Waals surface area (Å²) in [6.07, 6.45) is 5.57. The summed E-state index contributed by atoms with van der Waals surface area (Å²) in [4.78, 5) is 23.0. The Bertz CT molecular complexity index is 985. The molecular weight excluding hydrogens is 340 g/mol. The SMILES string of the molecule is COc1ccc(CN(C)c2ccnc(C(=O)NC3CC3)c2)c2cccnc12. The molecule has 3 aromatic rings. The first-order valence-corrected chi connectivity index (χ1v) is 9.04. The highest BCUT2D eigenvalue weighted by atomic mass is 16.5. The van der Waals surface area contributed by atoms with E-state index in [0.29, 0.717) is 18.3 Å². The van der Waals surface area contributed by atoms with Gasteiger partial charge in [0.2, 0.25) is 0 Å². The number of ether oxygens (including phenoxy) is 1. The number of fused-ring (bicyclic) bond motifs is 1. The van der Waals surface area contributed by atoms with Gasteiger partial charge in [-0.15, -0.1) is 0 Å². The summed E-state index contributed by atoms with van der Waals surface area (Å²) in [6, 6.07) is 12.0. The van der Waals surface area contributed by atoms with Gasteiger partial charge in [-0.3, -0.25) is 14.8 Å². The summed E-state index contributed by atoms with van der Waals surface area (Å²) < 4.78 is 5.42. The summed E-state index contributed by atoms with van der Waals surface area (Å²) in [6.45, 7) is 0.680. The molecule has 1 saturated carbocycles. The number of nitrogens with zero attached hydrogens (tertiary/aromatic N) is 3. The second-order valence-electron chi connectivity index (χ2n) is 6.83. The summed E-state index contributed by atoms with van der Waals surface area (Å²) in [7, 11) is 3.66. The fourth-order valence-electron chi connectivity index (χ4n) is 3.12. The second-order valence-corrected chi connectivity index (χ2v) is 6.83. The van der Waals surface area contributed by atoms with Crippen LogP contribution in [0.5, 0.6) is 5.75 Å². The number of carbonyl (C=O) groups excluding carboxylic acids is 1. The topological polar surface area (TPSA) is 67.3 Å². The molecule has 1 N–H and O–H groups in total. The van der Waals surface area contributed by atoms with Crippen LogP contribution in [0.4, 0.5) is 5.69 Å². The number of rotatable bonds is 6. The standard InChI is InChI=1S/C21H22N4O2/c1-25(16-9-11-22-18(12-16)21(26)24-15-6-7-15)13-14-5-8-19(27-2)20-17(14)4-3-10-23-20/h3-5,8-12,15H,6-7,13H2,1-2H3,(H,24,26). The third-order valence-electron chi connectivity index (χ3n) is 4.78. The van der Waals surface area contributed by atoms with E-state index in [0.717, 1.165) is 40.7 Å². The Morgan fingerprint density at radius 3 is 2.85 bits per heavy atom. The van der Waals surface area contributed by atoms with Crippen LogP contribution in [-0.2, 0) is 6.54 Å². The molecule has 1 fully saturated rings. The highest BCUT2D eigenvalue weighted by molar-refractivity contribution is 5.93. The smallest absolute Gasteiger partial charge is 0.270 e. The number of benzene rings is 1. The van der Waals surface area contributed by atoms with Gasteiger partial charge < -0.3 is 15.0 Å². The predicted molar refractivity (Wildman–Crippen MR) is 105 cm³/mol. The first-order valence-electron chi connectivity index (χ1n) is 9.04. The molecule has 0 bridgehead atoms. The molecule has 0 saturated heterocycles. The lowest BCUT2D eigenvalue weighted by molar-refractivity contribution is 0.0946. The number of amides is 1. The molecule has 6 nitrogen and oxygen atoms in total. The van der Waals surface area contributed by atoms with Crippen molar-refractivity contribution in [2.45, 2.75) is 25.4 Å². The van der Waals surface area contributed by atoms with E-state index in [1.165, 1.54) is 0 Å². The van der Waals surface area contributed by atoms with Gasteiger partial charge in [-0.05, 0) is 42.7 Å². The number of hydrogen-bond acceptors (Lipinski definition) is 5. The zero-order valence-corrected chi connectivity index (χ0v) is 15.5. The molecule has 4 rings (SSSR count). The van der Waals surface area contributed by atoms with E-state index in [9.17, 15) is 4.79 Å². The Balaban J connectivity index is 1.58. The molecule has 27 heavy (non-hydrogen) atoms. The van der Waals surface area contributed by atoms with Crippen molar-refractivity contribution in [3.8, 4) is 5.75 Å². The minimum atomic E-state index is -0.105. The average Bonchev–Trinajstić information content (AvgIpc) is 3.52. The van der Waals surface area contributed by atoms with Gasteiger partial charge in [0.25, 0.3) is 5.91 Å². The molecule has 0 radical (unpaired) electrons. The molecule has 0 unspecified atom stereocenters. The number of aromatic nitrogens is 2. The molecule has 1 aliphatic carbocycles. The summed E-state index contributed by atoms with van der Waals surface area (Å²) in [5.41, 5.74) is 3.39. The van der Waals surface area contributed by atoms with Crippen molar-refractivity contribution in [3.05, 3.63) is 60.0 Å². The zero-order valence-electron chi connectivity index (χ0n) is 15.5. The van der Waals surface area contributed by atoms with Crippen LogP contribution >= 0.6 is 0 Å². The number of methoxy groups -OCH3 is 1. The number of nitrogens with one attached hydrogen (secondary N) is 1.